The van der Waals surface area contributed by atoms with E-state index in [-0.39, 0.29) is 24.8 Å². The molecule has 0 bridgehead atoms. The van der Waals surface area contributed by atoms with Crippen molar-refractivity contribution in [3.63, 3.8) is 0 Å². The molecule has 0 saturated carbocycles. The number of ether oxygens (including phenoxy) is 2. The van der Waals surface area contributed by atoms with Crippen molar-refractivity contribution in [1.29, 1.82) is 0 Å². The van der Waals surface area contributed by atoms with Crippen LogP contribution in [0.3, 0.4) is 0 Å². The number of aromatic nitrogens is 2. The molecular weight excluding hydrogens is 362 g/mol. The highest BCUT2D eigenvalue weighted by molar-refractivity contribution is 6.10. The first kappa shape index (κ1) is 21.4. The summed E-state index contributed by atoms with van der Waals surface area (Å²) in [6.45, 7) is 3.79. The van der Waals surface area contributed by atoms with E-state index in [0.29, 0.717) is 49.1 Å². The van der Waals surface area contributed by atoms with Crippen molar-refractivity contribution in [2.24, 2.45) is 5.73 Å². The summed E-state index contributed by atoms with van der Waals surface area (Å²) in [5, 5.41) is 5.45. The minimum Gasteiger partial charge on any atom is -0.379 e. The van der Waals surface area contributed by atoms with E-state index < -0.39 is 0 Å². The molecule has 0 aliphatic heterocycles. The van der Waals surface area contributed by atoms with Gasteiger partial charge in [-0.3, -0.25) is 9.59 Å². The van der Waals surface area contributed by atoms with Crippen LogP contribution in [0.15, 0.2) is 36.7 Å². The fourth-order valence-corrected chi connectivity index (χ4v) is 2.23. The standard InChI is InChI=1S/C19H25N5O4/c1-14-21-12-15(13-22-14)23-19(26)16-4-2-3-5-17(16)24-18(25)6-8-27-10-11-28-9-7-20/h2-5,12-13H,6-11,20H2,1H3,(H,23,26)(H,24,25). The summed E-state index contributed by atoms with van der Waals surface area (Å²) < 4.78 is 10.5. The Hall–Kier alpha value is -2.88. The van der Waals surface area contributed by atoms with Crippen molar-refractivity contribution in [3.05, 3.63) is 48.0 Å². The smallest absolute Gasteiger partial charge is 0.257 e. The van der Waals surface area contributed by atoms with Crippen LogP contribution in [0.4, 0.5) is 11.4 Å². The molecule has 1 aromatic heterocycles. The molecule has 0 radical (unpaired) electrons. The lowest BCUT2D eigenvalue weighted by Gasteiger charge is -2.11. The molecule has 4 N–H and O–H groups in total. The van der Waals surface area contributed by atoms with Crippen molar-refractivity contribution in [2.45, 2.75) is 13.3 Å². The molecule has 0 spiro atoms. The number of hydrogen-bond acceptors (Lipinski definition) is 7. The quantitative estimate of drug-likeness (QED) is 0.497. The van der Waals surface area contributed by atoms with Gasteiger partial charge in [-0.05, 0) is 19.1 Å². The number of benzene rings is 1. The summed E-state index contributed by atoms with van der Waals surface area (Å²) >= 11 is 0. The highest BCUT2D eigenvalue weighted by Gasteiger charge is 2.13. The Morgan fingerprint density at radius 3 is 2.39 bits per heavy atom. The molecule has 9 nitrogen and oxygen atoms in total. The zero-order chi connectivity index (χ0) is 20.2. The number of rotatable bonds is 11. The van der Waals surface area contributed by atoms with E-state index in [4.69, 9.17) is 15.2 Å². The summed E-state index contributed by atoms with van der Waals surface area (Å²) in [6.07, 6.45) is 3.21. The van der Waals surface area contributed by atoms with Crippen molar-refractivity contribution in [2.75, 3.05) is 43.6 Å². The van der Waals surface area contributed by atoms with E-state index in [2.05, 4.69) is 20.6 Å². The molecule has 0 atom stereocenters. The first-order valence-corrected chi connectivity index (χ1v) is 8.94. The molecule has 0 aliphatic carbocycles. The van der Waals surface area contributed by atoms with Crippen LogP contribution in [0.25, 0.3) is 0 Å². The molecule has 1 aromatic carbocycles. The van der Waals surface area contributed by atoms with Gasteiger partial charge in [0.2, 0.25) is 5.91 Å². The number of nitrogens with zero attached hydrogens (tertiary/aromatic N) is 2. The number of nitrogens with two attached hydrogens (primary N) is 1. The van der Waals surface area contributed by atoms with Gasteiger partial charge in [-0.25, -0.2) is 9.97 Å². The maximum Gasteiger partial charge on any atom is 0.257 e. The number of nitrogens with one attached hydrogen (secondary N) is 2. The first-order valence-electron chi connectivity index (χ1n) is 8.94. The lowest BCUT2D eigenvalue weighted by molar-refractivity contribution is -0.117. The molecule has 0 aliphatic rings. The molecule has 2 amide bonds. The van der Waals surface area contributed by atoms with Gasteiger partial charge in [-0.15, -0.1) is 0 Å². The second-order valence-corrected chi connectivity index (χ2v) is 5.83. The SMILES string of the molecule is Cc1ncc(NC(=O)c2ccccc2NC(=O)CCOCCOCCN)cn1. The molecule has 28 heavy (non-hydrogen) atoms. The van der Waals surface area contributed by atoms with Crippen molar-refractivity contribution < 1.29 is 19.1 Å². The summed E-state index contributed by atoms with van der Waals surface area (Å²) in [5.41, 5.74) is 6.55. The molecule has 1 heterocycles. The van der Waals surface area contributed by atoms with Gasteiger partial charge in [0, 0.05) is 6.54 Å². The lowest BCUT2D eigenvalue weighted by atomic mass is 10.1. The largest absolute Gasteiger partial charge is 0.379 e. The van der Waals surface area contributed by atoms with Gasteiger partial charge in [-0.2, -0.15) is 0 Å². The van der Waals surface area contributed by atoms with Gasteiger partial charge in [-0.1, -0.05) is 12.1 Å². The summed E-state index contributed by atoms with van der Waals surface area (Å²) in [5.74, 6) is -0.00252. The van der Waals surface area contributed by atoms with Crippen LogP contribution in [-0.2, 0) is 14.3 Å². The van der Waals surface area contributed by atoms with Crippen molar-refractivity contribution >= 4 is 23.2 Å². The molecule has 2 aromatic rings. The maximum atomic E-state index is 12.5. The number of para-hydroxylation sites is 1. The number of carbonyl (C=O) groups is 2. The fourth-order valence-electron chi connectivity index (χ4n) is 2.23. The highest BCUT2D eigenvalue weighted by Crippen LogP contribution is 2.17. The molecule has 0 fully saturated rings. The van der Waals surface area contributed by atoms with E-state index in [1.807, 2.05) is 0 Å². The number of aryl methyl sites for hydroxylation is 1. The summed E-state index contributed by atoms with van der Waals surface area (Å²) in [7, 11) is 0. The monoisotopic (exact) mass is 387 g/mol. The summed E-state index contributed by atoms with van der Waals surface area (Å²) in [4.78, 5) is 32.7. The number of carbonyl (C=O) groups excluding carboxylic acids is 2. The van der Waals surface area contributed by atoms with Gasteiger partial charge in [0.25, 0.3) is 5.91 Å². The van der Waals surface area contributed by atoms with Crippen LogP contribution in [-0.4, -0.2) is 54.8 Å². The molecule has 150 valence electrons. The van der Waals surface area contributed by atoms with Crippen LogP contribution in [0.1, 0.15) is 22.6 Å². The average Bonchev–Trinajstić information content (AvgIpc) is 2.69. The third kappa shape index (κ3) is 7.39. The second kappa shape index (κ2) is 11.8. The van der Waals surface area contributed by atoms with E-state index in [9.17, 15) is 9.59 Å². The molecule has 9 heteroatoms. The van der Waals surface area contributed by atoms with Crippen LogP contribution < -0.4 is 16.4 Å². The van der Waals surface area contributed by atoms with E-state index in [0.717, 1.165) is 0 Å². The third-order valence-electron chi connectivity index (χ3n) is 3.59. The van der Waals surface area contributed by atoms with E-state index in [1.165, 1.54) is 12.4 Å². The predicted octanol–water partition coefficient (Wildman–Crippen LogP) is 1.36. The van der Waals surface area contributed by atoms with Crippen molar-refractivity contribution in [3.8, 4) is 0 Å². The van der Waals surface area contributed by atoms with Gasteiger partial charge < -0.3 is 25.8 Å². The van der Waals surface area contributed by atoms with Crippen LogP contribution >= 0.6 is 0 Å². The fraction of sp³-hybridized carbons (Fsp3) is 0.368. The minimum atomic E-state index is -0.364. The number of hydrogen-bond donors (Lipinski definition) is 3. The lowest BCUT2D eigenvalue weighted by Crippen LogP contribution is -2.19. The van der Waals surface area contributed by atoms with Gasteiger partial charge in [0.15, 0.2) is 0 Å². The Morgan fingerprint density at radius 2 is 1.68 bits per heavy atom. The number of amides is 2. The highest BCUT2D eigenvalue weighted by atomic mass is 16.5. The Labute approximate surface area is 163 Å². The molecule has 0 saturated heterocycles. The molecular formula is C19H25N5O4. The topological polar surface area (TPSA) is 128 Å². The predicted molar refractivity (Wildman–Crippen MR) is 105 cm³/mol. The minimum absolute atomic E-state index is 0.165. The third-order valence-corrected chi connectivity index (χ3v) is 3.59. The van der Waals surface area contributed by atoms with Gasteiger partial charge in [0.1, 0.15) is 5.82 Å². The normalized spacial score (nSPS) is 10.5. The van der Waals surface area contributed by atoms with Crippen LogP contribution in [0.2, 0.25) is 0 Å². The van der Waals surface area contributed by atoms with E-state index >= 15 is 0 Å². The average molecular weight is 387 g/mol. The van der Waals surface area contributed by atoms with Crippen LogP contribution in [0, 0.1) is 6.92 Å². The zero-order valence-electron chi connectivity index (χ0n) is 15.8. The first-order chi connectivity index (χ1) is 13.6. The number of anilines is 2. The van der Waals surface area contributed by atoms with Gasteiger partial charge >= 0.3 is 0 Å². The Balaban J connectivity index is 1.84. The summed E-state index contributed by atoms with van der Waals surface area (Å²) in [6, 6.07) is 6.76. The van der Waals surface area contributed by atoms with Crippen molar-refractivity contribution in [1.82, 2.24) is 9.97 Å². The molecule has 2 rings (SSSR count). The Bertz CT molecular complexity index is 767. The van der Waals surface area contributed by atoms with Gasteiger partial charge in [0.05, 0.1) is 62.2 Å². The Morgan fingerprint density at radius 1 is 1.00 bits per heavy atom. The van der Waals surface area contributed by atoms with Crippen LogP contribution in [0.5, 0.6) is 0 Å². The Kier molecular flexibility index (Phi) is 8.99. The maximum absolute atomic E-state index is 12.5. The second-order valence-electron chi connectivity index (χ2n) is 5.83. The van der Waals surface area contributed by atoms with E-state index in [1.54, 1.807) is 31.2 Å². The molecule has 0 unspecified atom stereocenters. The zero-order valence-corrected chi connectivity index (χ0v) is 15.8.